The van der Waals surface area contributed by atoms with E-state index in [1.807, 2.05) is 0 Å². The molecule has 4 heterocycles. The number of imidazole rings is 1. The third kappa shape index (κ3) is 3.76. The Kier molecular flexibility index (Phi) is 5.77. The van der Waals surface area contributed by atoms with Gasteiger partial charge in [-0.1, -0.05) is 103 Å². The first-order valence-electron chi connectivity index (χ1n) is 17.6. The summed E-state index contributed by atoms with van der Waals surface area (Å²) in [5, 5.41) is 9.77. The molecule has 240 valence electrons. The van der Waals surface area contributed by atoms with Gasteiger partial charge >= 0.3 is 0 Å². The van der Waals surface area contributed by atoms with E-state index in [0.717, 1.165) is 33.6 Å². The van der Waals surface area contributed by atoms with Crippen molar-refractivity contribution in [3.63, 3.8) is 0 Å². The van der Waals surface area contributed by atoms with Crippen molar-refractivity contribution in [3.05, 3.63) is 163 Å². The fourth-order valence-electron chi connectivity index (χ4n) is 8.71. The van der Waals surface area contributed by atoms with Gasteiger partial charge in [-0.05, 0) is 90.2 Å². The van der Waals surface area contributed by atoms with Crippen molar-refractivity contribution in [1.29, 1.82) is 0 Å². The van der Waals surface area contributed by atoms with Crippen molar-refractivity contribution in [3.8, 4) is 11.4 Å². The number of aryl methyl sites for hydroxylation is 1. The van der Waals surface area contributed by atoms with Crippen molar-refractivity contribution < 1.29 is 0 Å². The van der Waals surface area contributed by atoms with Crippen LogP contribution in [0.25, 0.3) is 99.3 Å². The SMILES string of the molecule is C/C=C\c1c(C)c2ccc3c4ccccc4n(-c4ccc5c(c4)c4ccc6ccccc6c4c4nc6ccccc6n54)c3c2n1-c1ccccc1. The lowest BCUT2D eigenvalue weighted by Crippen LogP contribution is -2.01. The predicted octanol–water partition coefficient (Wildman–Crippen LogP) is 12.3. The van der Waals surface area contributed by atoms with E-state index in [-0.39, 0.29) is 0 Å². The minimum Gasteiger partial charge on any atom is -0.308 e. The Bertz CT molecular complexity index is 3260. The molecule has 4 aromatic heterocycles. The van der Waals surface area contributed by atoms with Crippen LogP contribution in [0.4, 0.5) is 0 Å². The van der Waals surface area contributed by atoms with E-state index in [9.17, 15) is 0 Å². The minimum atomic E-state index is 0.995. The number of para-hydroxylation sites is 4. The van der Waals surface area contributed by atoms with Crippen LogP contribution in [0.3, 0.4) is 0 Å². The molecule has 11 aromatic rings. The van der Waals surface area contributed by atoms with Crippen molar-refractivity contribution in [2.24, 2.45) is 0 Å². The molecule has 4 nitrogen and oxygen atoms in total. The zero-order chi connectivity index (χ0) is 33.8. The molecular formula is C47H32N4. The molecule has 0 fully saturated rings. The molecule has 51 heavy (non-hydrogen) atoms. The first-order chi connectivity index (χ1) is 25.2. The van der Waals surface area contributed by atoms with Gasteiger partial charge in [-0.3, -0.25) is 4.40 Å². The van der Waals surface area contributed by atoms with E-state index in [2.05, 4.69) is 185 Å². The second-order valence-corrected chi connectivity index (χ2v) is 13.6. The number of aromatic nitrogens is 4. The number of allylic oxidation sites excluding steroid dienone is 1. The normalized spacial score (nSPS) is 12.4. The largest absolute Gasteiger partial charge is 0.308 e. The van der Waals surface area contributed by atoms with Crippen LogP contribution < -0.4 is 0 Å². The van der Waals surface area contributed by atoms with E-state index in [1.54, 1.807) is 0 Å². The highest BCUT2D eigenvalue weighted by Crippen LogP contribution is 2.43. The van der Waals surface area contributed by atoms with Gasteiger partial charge in [-0.2, -0.15) is 0 Å². The number of hydrogen-bond acceptors (Lipinski definition) is 1. The van der Waals surface area contributed by atoms with Gasteiger partial charge in [-0.15, -0.1) is 0 Å². The molecule has 7 aromatic carbocycles. The highest BCUT2D eigenvalue weighted by Gasteiger charge is 2.23. The van der Waals surface area contributed by atoms with Gasteiger partial charge in [0.25, 0.3) is 0 Å². The van der Waals surface area contributed by atoms with Crippen LogP contribution in [0.2, 0.25) is 0 Å². The molecule has 0 atom stereocenters. The molecule has 0 saturated carbocycles. The Hall–Kier alpha value is -6.65. The topological polar surface area (TPSA) is 27.2 Å². The molecule has 4 heteroatoms. The average molecular weight is 653 g/mol. The van der Waals surface area contributed by atoms with Crippen molar-refractivity contribution in [1.82, 2.24) is 18.5 Å². The number of benzene rings is 7. The molecule has 11 rings (SSSR count). The summed E-state index contributed by atoms with van der Waals surface area (Å²) >= 11 is 0. The summed E-state index contributed by atoms with van der Waals surface area (Å²) in [6.45, 7) is 4.35. The van der Waals surface area contributed by atoms with Crippen molar-refractivity contribution in [2.45, 2.75) is 13.8 Å². The van der Waals surface area contributed by atoms with Gasteiger partial charge in [0, 0.05) is 44.0 Å². The molecule has 0 amide bonds. The molecule has 0 aliphatic heterocycles. The van der Waals surface area contributed by atoms with Gasteiger partial charge in [0.15, 0.2) is 0 Å². The maximum atomic E-state index is 5.25. The summed E-state index contributed by atoms with van der Waals surface area (Å²) < 4.78 is 7.31. The third-order valence-electron chi connectivity index (χ3n) is 10.9. The van der Waals surface area contributed by atoms with Crippen LogP contribution in [-0.4, -0.2) is 18.5 Å². The van der Waals surface area contributed by atoms with Crippen LogP contribution in [0, 0.1) is 6.92 Å². The Balaban J connectivity index is 1.34. The van der Waals surface area contributed by atoms with Crippen molar-refractivity contribution in [2.75, 3.05) is 0 Å². The summed E-state index contributed by atoms with van der Waals surface area (Å²) in [5.41, 5.74) is 12.6. The van der Waals surface area contributed by atoms with Crippen LogP contribution >= 0.6 is 0 Å². The molecule has 0 aliphatic rings. The smallest absolute Gasteiger partial charge is 0.147 e. The number of fused-ring (bicyclic) bond motifs is 15. The minimum absolute atomic E-state index is 0.995. The predicted molar refractivity (Wildman–Crippen MR) is 216 cm³/mol. The molecule has 0 radical (unpaired) electrons. The van der Waals surface area contributed by atoms with Crippen LogP contribution in [0.1, 0.15) is 18.2 Å². The lowest BCUT2D eigenvalue weighted by atomic mass is 9.99. The summed E-state index contributed by atoms with van der Waals surface area (Å²) in [5.74, 6) is 0. The first kappa shape index (κ1) is 28.2. The lowest BCUT2D eigenvalue weighted by molar-refractivity contribution is 1.09. The molecule has 0 saturated heterocycles. The molecule has 0 bridgehead atoms. The summed E-state index contributed by atoms with van der Waals surface area (Å²) in [6, 6.07) is 53.0. The number of hydrogen-bond donors (Lipinski definition) is 0. The van der Waals surface area contributed by atoms with E-state index in [1.165, 1.54) is 70.9 Å². The standard InChI is InChI=1S/C47H32N4/c1-3-13-40-29(2)33-25-26-37-35-18-9-11-20-41(35)50(46(37)45(33)49(40)31-15-5-4-6-16-31)32-23-27-42-38(28-32)36-24-22-30-14-7-8-17-34(30)44(36)47-48-39-19-10-12-21-43(39)51(42)47/h3-28H,1-2H3/b13-3-. The Morgan fingerprint density at radius 3 is 2.08 bits per heavy atom. The van der Waals surface area contributed by atoms with Crippen LogP contribution in [-0.2, 0) is 0 Å². The summed E-state index contributed by atoms with van der Waals surface area (Å²) in [4.78, 5) is 5.25. The number of nitrogens with zero attached hydrogens (tertiary/aromatic N) is 4. The van der Waals surface area contributed by atoms with Crippen LogP contribution in [0.15, 0.2) is 152 Å². The molecule has 0 aliphatic carbocycles. The van der Waals surface area contributed by atoms with Gasteiger partial charge in [0.1, 0.15) is 5.65 Å². The summed E-state index contributed by atoms with van der Waals surface area (Å²) in [7, 11) is 0. The fraction of sp³-hybridized carbons (Fsp3) is 0.0426. The van der Waals surface area contributed by atoms with Gasteiger partial charge in [0.05, 0.1) is 33.1 Å². The summed E-state index contributed by atoms with van der Waals surface area (Å²) in [6.07, 6.45) is 4.39. The number of rotatable bonds is 3. The van der Waals surface area contributed by atoms with Gasteiger partial charge < -0.3 is 9.13 Å². The number of pyridine rings is 1. The molecule has 0 N–H and O–H groups in total. The Morgan fingerprint density at radius 2 is 1.22 bits per heavy atom. The maximum absolute atomic E-state index is 5.25. The van der Waals surface area contributed by atoms with E-state index >= 15 is 0 Å². The average Bonchev–Trinajstić information content (AvgIpc) is 3.83. The monoisotopic (exact) mass is 652 g/mol. The molecule has 0 unspecified atom stereocenters. The highest BCUT2D eigenvalue weighted by atomic mass is 15.1. The second-order valence-electron chi connectivity index (χ2n) is 13.6. The second kappa shape index (κ2) is 10.4. The third-order valence-corrected chi connectivity index (χ3v) is 10.9. The van der Waals surface area contributed by atoms with Gasteiger partial charge in [-0.25, -0.2) is 4.98 Å². The first-order valence-corrected chi connectivity index (χ1v) is 17.6. The molecular weight excluding hydrogens is 621 g/mol. The highest BCUT2D eigenvalue weighted by molar-refractivity contribution is 6.24. The van der Waals surface area contributed by atoms with Gasteiger partial charge in [0.2, 0.25) is 0 Å². The fourth-order valence-corrected chi connectivity index (χ4v) is 8.71. The van der Waals surface area contributed by atoms with E-state index in [4.69, 9.17) is 4.98 Å². The lowest BCUT2D eigenvalue weighted by Gasteiger charge is -2.15. The quantitative estimate of drug-likeness (QED) is 0.175. The Labute approximate surface area is 293 Å². The van der Waals surface area contributed by atoms with Crippen molar-refractivity contribution >= 4 is 87.9 Å². The zero-order valence-electron chi connectivity index (χ0n) is 28.3. The maximum Gasteiger partial charge on any atom is 0.147 e. The van der Waals surface area contributed by atoms with E-state index < -0.39 is 0 Å². The van der Waals surface area contributed by atoms with E-state index in [0.29, 0.717) is 0 Å². The van der Waals surface area contributed by atoms with Crippen LogP contribution in [0.5, 0.6) is 0 Å². The Morgan fingerprint density at radius 1 is 0.510 bits per heavy atom. The zero-order valence-corrected chi connectivity index (χ0v) is 28.3. The molecule has 0 spiro atoms.